The molecule has 1 fully saturated rings. The predicted octanol–water partition coefficient (Wildman–Crippen LogP) is -0.651. The fourth-order valence-corrected chi connectivity index (χ4v) is 3.58. The van der Waals surface area contributed by atoms with Gasteiger partial charge in [0.2, 0.25) is 17.3 Å². The molecule has 0 radical (unpaired) electrons. The van der Waals surface area contributed by atoms with E-state index in [9.17, 15) is 34.8 Å². The molecule has 0 saturated carbocycles. The van der Waals surface area contributed by atoms with Crippen LogP contribution in [0.2, 0.25) is 0 Å². The Bertz CT molecular complexity index is 940. The molecule has 5 atom stereocenters. The number of carbonyl (C=O) groups excluding carboxylic acids is 3. The summed E-state index contributed by atoms with van der Waals surface area (Å²) in [5.41, 5.74) is -5.70. The first-order valence-corrected chi connectivity index (χ1v) is 9.41. The summed E-state index contributed by atoms with van der Waals surface area (Å²) in [5.74, 6) is -3.70. The lowest BCUT2D eigenvalue weighted by Crippen LogP contribution is -2.59. The minimum Gasteiger partial charge on any atom is -0.467 e. The molecule has 0 aliphatic carbocycles. The second-order valence-electron chi connectivity index (χ2n) is 7.25. The Kier molecular flexibility index (Phi) is 5.66. The fourth-order valence-electron chi connectivity index (χ4n) is 3.58. The molecular formula is C21H23NO8. The Balaban J connectivity index is 1.95. The highest BCUT2D eigenvalue weighted by atomic mass is 16.6. The van der Waals surface area contributed by atoms with E-state index in [-0.39, 0.29) is 11.1 Å². The first-order chi connectivity index (χ1) is 14.1. The van der Waals surface area contributed by atoms with Crippen LogP contribution < -0.4 is 5.32 Å². The van der Waals surface area contributed by atoms with E-state index in [4.69, 9.17) is 4.74 Å². The molecule has 9 nitrogen and oxygen atoms in total. The van der Waals surface area contributed by atoms with Crippen LogP contribution in [0.3, 0.4) is 0 Å². The molecule has 1 amide bonds. The number of Topliss-reactive ketones (excluding diaryl/α,β-unsaturated/α-hetero) is 2. The van der Waals surface area contributed by atoms with E-state index in [1.165, 1.54) is 37.3 Å². The smallest absolute Gasteiger partial charge is 0.278 e. The van der Waals surface area contributed by atoms with Gasteiger partial charge in [-0.15, -0.1) is 0 Å². The number of ketones is 2. The van der Waals surface area contributed by atoms with Crippen molar-refractivity contribution in [1.29, 1.82) is 0 Å². The van der Waals surface area contributed by atoms with E-state index in [1.807, 2.05) is 12.2 Å². The lowest BCUT2D eigenvalue weighted by molar-refractivity contribution is -0.161. The van der Waals surface area contributed by atoms with Crippen LogP contribution in [0.25, 0.3) is 0 Å². The summed E-state index contributed by atoms with van der Waals surface area (Å²) in [4.78, 5) is 38.4. The molecule has 1 aromatic carbocycles. The first kappa shape index (κ1) is 21.8. The van der Waals surface area contributed by atoms with Crippen molar-refractivity contribution in [2.75, 3.05) is 0 Å². The van der Waals surface area contributed by atoms with Gasteiger partial charge < -0.3 is 30.5 Å². The first-order valence-electron chi connectivity index (χ1n) is 9.41. The van der Waals surface area contributed by atoms with Gasteiger partial charge in [-0.1, -0.05) is 49.4 Å². The SMILES string of the molecule is CC/C=C\[C@H](O)[C@H](O)C1=C(C)C(=O)[C@]2(O1)C(=O)N[C@@](O)(C(=O)c1ccccc1)C2O. The summed E-state index contributed by atoms with van der Waals surface area (Å²) in [6.45, 7) is 3.07. The van der Waals surface area contributed by atoms with Gasteiger partial charge in [-0.2, -0.15) is 0 Å². The Morgan fingerprint density at radius 3 is 2.50 bits per heavy atom. The van der Waals surface area contributed by atoms with Gasteiger partial charge in [-0.05, 0) is 13.3 Å². The number of allylic oxidation sites excluding steroid dienone is 1. The predicted molar refractivity (Wildman–Crippen MR) is 103 cm³/mol. The Hall–Kier alpha value is -2.85. The number of aliphatic hydroxyl groups excluding tert-OH is 3. The molecule has 5 N–H and O–H groups in total. The van der Waals surface area contributed by atoms with E-state index in [2.05, 4.69) is 0 Å². The van der Waals surface area contributed by atoms with Crippen LogP contribution in [-0.2, 0) is 14.3 Å². The minimum absolute atomic E-state index is 0.00749. The van der Waals surface area contributed by atoms with Gasteiger partial charge in [0.25, 0.3) is 11.5 Å². The third-order valence-corrected chi connectivity index (χ3v) is 5.28. The van der Waals surface area contributed by atoms with Crippen molar-refractivity contribution in [3.05, 3.63) is 59.4 Å². The van der Waals surface area contributed by atoms with Gasteiger partial charge in [-0.25, -0.2) is 0 Å². The summed E-state index contributed by atoms with van der Waals surface area (Å²) >= 11 is 0. The molecule has 2 aliphatic rings. The van der Waals surface area contributed by atoms with Crippen LogP contribution in [0.15, 0.2) is 53.8 Å². The van der Waals surface area contributed by atoms with Crippen LogP contribution in [0.1, 0.15) is 30.6 Å². The van der Waals surface area contributed by atoms with Crippen LogP contribution in [-0.4, -0.2) is 67.5 Å². The number of ether oxygens (including phenoxy) is 1. The molecule has 2 aliphatic heterocycles. The molecule has 160 valence electrons. The van der Waals surface area contributed by atoms with Crippen molar-refractivity contribution < 1.29 is 39.5 Å². The highest BCUT2D eigenvalue weighted by Crippen LogP contribution is 2.43. The van der Waals surface area contributed by atoms with Crippen molar-refractivity contribution in [2.45, 2.75) is 49.9 Å². The van der Waals surface area contributed by atoms with E-state index in [0.29, 0.717) is 6.42 Å². The lowest BCUT2D eigenvalue weighted by atomic mass is 9.85. The number of nitrogens with one attached hydrogen (secondary N) is 1. The lowest BCUT2D eigenvalue weighted by Gasteiger charge is -2.30. The second kappa shape index (κ2) is 7.77. The topological polar surface area (TPSA) is 153 Å². The van der Waals surface area contributed by atoms with Gasteiger partial charge in [-0.3, -0.25) is 14.4 Å². The van der Waals surface area contributed by atoms with Crippen LogP contribution in [0.4, 0.5) is 0 Å². The van der Waals surface area contributed by atoms with Gasteiger partial charge in [0.15, 0.2) is 6.10 Å². The average Bonchev–Trinajstić information content (AvgIpc) is 3.13. The Morgan fingerprint density at radius 2 is 1.90 bits per heavy atom. The number of rotatable bonds is 6. The normalized spacial score (nSPS) is 30.7. The average molecular weight is 417 g/mol. The maximum Gasteiger partial charge on any atom is 0.278 e. The molecule has 0 bridgehead atoms. The molecular weight excluding hydrogens is 394 g/mol. The summed E-state index contributed by atoms with van der Waals surface area (Å²) in [7, 11) is 0. The van der Waals surface area contributed by atoms with E-state index in [1.54, 1.807) is 12.1 Å². The molecule has 2 heterocycles. The fraction of sp³-hybridized carbons (Fsp3) is 0.381. The zero-order valence-corrected chi connectivity index (χ0v) is 16.4. The standard InChI is InChI=1S/C21H23NO8/c1-3-4-10-13(23)14(24)15-11(2)16(25)20(30-15)18(27)21(29,22-19(20)28)17(26)12-8-6-5-7-9-12/h4-10,13-14,18,23-24,27,29H,3H2,1-2H3,(H,22,28)/b10-4-/t13-,14-,18?,20+,21+/m0/s1. The molecule has 3 rings (SSSR count). The largest absolute Gasteiger partial charge is 0.467 e. The summed E-state index contributed by atoms with van der Waals surface area (Å²) < 4.78 is 5.42. The highest BCUT2D eigenvalue weighted by molar-refractivity contribution is 6.23. The van der Waals surface area contributed by atoms with E-state index >= 15 is 0 Å². The Morgan fingerprint density at radius 1 is 1.27 bits per heavy atom. The zero-order valence-electron chi connectivity index (χ0n) is 16.4. The van der Waals surface area contributed by atoms with E-state index < -0.39 is 52.9 Å². The minimum atomic E-state index is -2.82. The van der Waals surface area contributed by atoms with Crippen LogP contribution >= 0.6 is 0 Å². The molecule has 1 aromatic rings. The number of hydrogen-bond acceptors (Lipinski definition) is 8. The highest BCUT2D eigenvalue weighted by Gasteiger charge is 2.73. The molecule has 0 aromatic heterocycles. The molecule has 9 heteroatoms. The molecule has 30 heavy (non-hydrogen) atoms. The quantitative estimate of drug-likeness (QED) is 0.232. The number of carbonyl (C=O) groups is 3. The van der Waals surface area contributed by atoms with Gasteiger partial charge in [0, 0.05) is 11.1 Å². The van der Waals surface area contributed by atoms with Crippen molar-refractivity contribution in [3.8, 4) is 0 Å². The Labute approximate surface area is 172 Å². The van der Waals surface area contributed by atoms with Crippen molar-refractivity contribution in [3.63, 3.8) is 0 Å². The van der Waals surface area contributed by atoms with Crippen molar-refractivity contribution in [1.82, 2.24) is 5.32 Å². The summed E-state index contributed by atoms with van der Waals surface area (Å²) in [6, 6.07) is 7.43. The molecule has 1 saturated heterocycles. The third kappa shape index (κ3) is 3.07. The van der Waals surface area contributed by atoms with Crippen LogP contribution in [0, 0.1) is 0 Å². The molecule has 1 spiro atoms. The number of amides is 1. The van der Waals surface area contributed by atoms with Crippen molar-refractivity contribution >= 4 is 17.5 Å². The zero-order chi connectivity index (χ0) is 22.3. The maximum absolute atomic E-state index is 12.9. The van der Waals surface area contributed by atoms with Gasteiger partial charge in [0.1, 0.15) is 18.0 Å². The number of benzene rings is 1. The molecule has 1 unspecified atom stereocenters. The second-order valence-corrected chi connectivity index (χ2v) is 7.25. The summed E-state index contributed by atoms with van der Waals surface area (Å²) in [5, 5.41) is 44.1. The summed E-state index contributed by atoms with van der Waals surface area (Å²) in [6.07, 6.45) is -1.98. The van der Waals surface area contributed by atoms with Crippen LogP contribution in [0.5, 0.6) is 0 Å². The maximum atomic E-state index is 12.9. The number of aliphatic hydroxyl groups is 4. The number of hydrogen-bond donors (Lipinski definition) is 5. The van der Waals surface area contributed by atoms with E-state index in [0.717, 1.165) is 0 Å². The van der Waals surface area contributed by atoms with Crippen molar-refractivity contribution in [2.24, 2.45) is 0 Å². The van der Waals surface area contributed by atoms with Gasteiger partial charge >= 0.3 is 0 Å². The van der Waals surface area contributed by atoms with Gasteiger partial charge in [0.05, 0.1) is 0 Å². The third-order valence-electron chi connectivity index (χ3n) is 5.28. The monoisotopic (exact) mass is 417 g/mol.